The van der Waals surface area contributed by atoms with Gasteiger partial charge < -0.3 is 4.90 Å². The summed E-state index contributed by atoms with van der Waals surface area (Å²) in [5.41, 5.74) is 3.42. The van der Waals surface area contributed by atoms with Crippen LogP contribution in [0.4, 0.5) is 5.69 Å². The lowest BCUT2D eigenvalue weighted by molar-refractivity contribution is -0.107. The van der Waals surface area contributed by atoms with Gasteiger partial charge in [0.1, 0.15) is 0 Å². The Morgan fingerprint density at radius 2 is 2.12 bits per heavy atom. The quantitative estimate of drug-likeness (QED) is 0.404. The molecular formula is C19H14N4O2S. The monoisotopic (exact) mass is 362 g/mol. The highest BCUT2D eigenvalue weighted by Crippen LogP contribution is 2.26. The van der Waals surface area contributed by atoms with Crippen molar-refractivity contribution in [2.45, 2.75) is 0 Å². The van der Waals surface area contributed by atoms with E-state index in [9.17, 15) is 9.59 Å². The first-order chi connectivity index (χ1) is 12.7. The lowest BCUT2D eigenvalue weighted by atomic mass is 10.1. The van der Waals surface area contributed by atoms with Crippen molar-refractivity contribution < 1.29 is 9.59 Å². The lowest BCUT2D eigenvalue weighted by Crippen LogP contribution is -2.13. The maximum atomic E-state index is 12.7. The van der Waals surface area contributed by atoms with Crippen LogP contribution in [0.25, 0.3) is 16.9 Å². The third-order valence-electron chi connectivity index (χ3n) is 4.10. The van der Waals surface area contributed by atoms with E-state index >= 15 is 0 Å². The molecule has 0 fully saturated rings. The number of rotatable bonds is 5. The highest BCUT2D eigenvalue weighted by Gasteiger charge is 2.18. The van der Waals surface area contributed by atoms with E-state index in [1.165, 1.54) is 16.2 Å². The molecule has 0 atom stereocenters. The number of ketones is 1. The second-order valence-corrected chi connectivity index (χ2v) is 6.64. The van der Waals surface area contributed by atoms with E-state index in [1.807, 2.05) is 41.8 Å². The predicted octanol–water partition coefficient (Wildman–Crippen LogP) is 3.28. The Morgan fingerprint density at radius 3 is 2.88 bits per heavy atom. The first kappa shape index (κ1) is 16.2. The van der Waals surface area contributed by atoms with Gasteiger partial charge in [-0.3, -0.25) is 9.59 Å². The van der Waals surface area contributed by atoms with Gasteiger partial charge in [0.15, 0.2) is 5.65 Å². The molecule has 4 rings (SSSR count). The van der Waals surface area contributed by atoms with Gasteiger partial charge in [-0.15, -0.1) is 11.3 Å². The molecule has 0 saturated carbocycles. The molecule has 0 aliphatic heterocycles. The Labute approximate surface area is 153 Å². The van der Waals surface area contributed by atoms with Crippen molar-refractivity contribution in [3.8, 4) is 11.3 Å². The van der Waals surface area contributed by atoms with Crippen molar-refractivity contribution >= 4 is 34.9 Å². The molecule has 0 saturated heterocycles. The van der Waals surface area contributed by atoms with Gasteiger partial charge in [-0.2, -0.15) is 5.10 Å². The number of amides is 1. The summed E-state index contributed by atoms with van der Waals surface area (Å²) in [4.78, 5) is 30.2. The van der Waals surface area contributed by atoms with Crippen molar-refractivity contribution in [3.05, 3.63) is 70.7 Å². The zero-order valence-electron chi connectivity index (χ0n) is 13.9. The maximum absolute atomic E-state index is 12.7. The van der Waals surface area contributed by atoms with Crippen LogP contribution in [0.15, 0.2) is 60.2 Å². The van der Waals surface area contributed by atoms with Crippen LogP contribution >= 0.6 is 11.3 Å². The summed E-state index contributed by atoms with van der Waals surface area (Å²) in [6, 6.07) is 13.0. The number of anilines is 1. The molecule has 0 unspecified atom stereocenters. The van der Waals surface area contributed by atoms with E-state index in [-0.39, 0.29) is 5.78 Å². The van der Waals surface area contributed by atoms with Gasteiger partial charge in [-0.05, 0) is 29.6 Å². The van der Waals surface area contributed by atoms with E-state index in [1.54, 1.807) is 30.0 Å². The van der Waals surface area contributed by atoms with Gasteiger partial charge in [0.25, 0.3) is 0 Å². The van der Waals surface area contributed by atoms with Gasteiger partial charge in [-0.1, -0.05) is 18.2 Å². The second-order valence-electron chi connectivity index (χ2n) is 5.70. The smallest absolute Gasteiger partial charge is 0.213 e. The molecule has 1 amide bonds. The Kier molecular flexibility index (Phi) is 4.06. The number of fused-ring (bicyclic) bond motifs is 1. The SMILES string of the molecule is CN(C=O)c1cccc(-c2ccnc3c(C(=O)c4cccs4)cnn23)c1. The molecule has 0 radical (unpaired) electrons. The molecule has 0 N–H and O–H groups in total. The first-order valence-electron chi connectivity index (χ1n) is 7.88. The largest absolute Gasteiger partial charge is 0.318 e. The van der Waals surface area contributed by atoms with Gasteiger partial charge in [0, 0.05) is 24.5 Å². The van der Waals surface area contributed by atoms with E-state index < -0.39 is 0 Å². The fourth-order valence-corrected chi connectivity index (χ4v) is 3.43. The molecule has 6 nitrogen and oxygen atoms in total. The molecule has 128 valence electrons. The van der Waals surface area contributed by atoms with Crippen molar-refractivity contribution in [1.29, 1.82) is 0 Å². The Balaban J connectivity index is 1.83. The van der Waals surface area contributed by atoms with E-state index in [0.29, 0.717) is 16.1 Å². The van der Waals surface area contributed by atoms with Gasteiger partial charge >= 0.3 is 0 Å². The summed E-state index contributed by atoms with van der Waals surface area (Å²) in [6.45, 7) is 0. The normalized spacial score (nSPS) is 10.8. The van der Waals surface area contributed by atoms with Crippen LogP contribution in [-0.2, 0) is 4.79 Å². The van der Waals surface area contributed by atoms with Crippen LogP contribution in [-0.4, -0.2) is 33.8 Å². The van der Waals surface area contributed by atoms with Gasteiger partial charge in [0.2, 0.25) is 12.2 Å². The minimum Gasteiger partial charge on any atom is -0.318 e. The second kappa shape index (κ2) is 6.53. The minimum atomic E-state index is -0.0888. The standard InChI is InChI=1S/C19H14N4O2S/c1-22(12-24)14-5-2-4-13(10-14)16-7-8-20-19-15(11-21-23(16)19)18(25)17-6-3-9-26-17/h2-12H,1H3. The molecule has 26 heavy (non-hydrogen) atoms. The average molecular weight is 362 g/mol. The number of nitrogens with zero attached hydrogens (tertiary/aromatic N) is 4. The lowest BCUT2D eigenvalue weighted by Gasteiger charge is -2.12. The molecule has 3 aromatic heterocycles. The van der Waals surface area contributed by atoms with E-state index in [2.05, 4.69) is 10.1 Å². The van der Waals surface area contributed by atoms with Crippen molar-refractivity contribution in [2.24, 2.45) is 0 Å². The number of carbonyl (C=O) groups is 2. The van der Waals surface area contributed by atoms with Gasteiger partial charge in [-0.25, -0.2) is 9.50 Å². The predicted molar refractivity (Wildman–Crippen MR) is 101 cm³/mol. The maximum Gasteiger partial charge on any atom is 0.213 e. The molecule has 1 aromatic carbocycles. The first-order valence-corrected chi connectivity index (χ1v) is 8.76. The Hall–Kier alpha value is -3.32. The van der Waals surface area contributed by atoms with Crippen molar-refractivity contribution in [1.82, 2.24) is 14.6 Å². The summed E-state index contributed by atoms with van der Waals surface area (Å²) in [5, 5.41) is 6.24. The zero-order valence-corrected chi connectivity index (χ0v) is 14.7. The fourth-order valence-electron chi connectivity index (χ4n) is 2.76. The number of benzene rings is 1. The molecular weight excluding hydrogens is 348 g/mol. The summed E-state index contributed by atoms with van der Waals surface area (Å²) < 4.78 is 1.65. The Morgan fingerprint density at radius 1 is 1.23 bits per heavy atom. The zero-order chi connectivity index (χ0) is 18.1. The van der Waals surface area contributed by atoms with Crippen LogP contribution < -0.4 is 4.90 Å². The molecule has 7 heteroatoms. The molecule has 0 aliphatic rings. The summed E-state index contributed by atoms with van der Waals surface area (Å²) >= 11 is 1.39. The molecule has 3 heterocycles. The molecule has 0 bridgehead atoms. The third kappa shape index (κ3) is 2.68. The van der Waals surface area contributed by atoms with E-state index in [0.717, 1.165) is 23.4 Å². The number of hydrogen-bond donors (Lipinski definition) is 0. The average Bonchev–Trinajstić information content (AvgIpc) is 3.36. The topological polar surface area (TPSA) is 67.6 Å². The Bertz CT molecular complexity index is 1100. The summed E-state index contributed by atoms with van der Waals surface area (Å²) in [6.07, 6.45) is 3.97. The van der Waals surface area contributed by atoms with Crippen LogP contribution in [0.2, 0.25) is 0 Å². The van der Waals surface area contributed by atoms with E-state index in [4.69, 9.17) is 0 Å². The highest BCUT2D eigenvalue weighted by molar-refractivity contribution is 7.12. The summed E-state index contributed by atoms with van der Waals surface area (Å²) in [5.74, 6) is -0.0888. The van der Waals surface area contributed by atoms with Gasteiger partial charge in [0.05, 0.1) is 22.3 Å². The number of hydrogen-bond acceptors (Lipinski definition) is 5. The van der Waals surface area contributed by atoms with Crippen molar-refractivity contribution in [3.63, 3.8) is 0 Å². The molecule has 0 spiro atoms. The van der Waals surface area contributed by atoms with Crippen LogP contribution in [0.3, 0.4) is 0 Å². The van der Waals surface area contributed by atoms with Crippen LogP contribution in [0, 0.1) is 0 Å². The van der Waals surface area contributed by atoms with Crippen molar-refractivity contribution in [2.75, 3.05) is 11.9 Å². The molecule has 4 aromatic rings. The minimum absolute atomic E-state index is 0.0888. The number of thiophene rings is 1. The molecule has 0 aliphatic carbocycles. The van der Waals surface area contributed by atoms with Crippen LogP contribution in [0.1, 0.15) is 15.2 Å². The fraction of sp³-hybridized carbons (Fsp3) is 0.0526. The number of carbonyl (C=O) groups excluding carboxylic acids is 2. The summed E-state index contributed by atoms with van der Waals surface area (Å²) in [7, 11) is 1.69. The van der Waals surface area contributed by atoms with Crippen LogP contribution in [0.5, 0.6) is 0 Å². The number of aromatic nitrogens is 3. The third-order valence-corrected chi connectivity index (χ3v) is 4.97. The highest BCUT2D eigenvalue weighted by atomic mass is 32.1.